The van der Waals surface area contributed by atoms with Crippen molar-refractivity contribution >= 4 is 11.4 Å². The normalized spacial score (nSPS) is 22.9. The van der Waals surface area contributed by atoms with Crippen molar-refractivity contribution in [1.82, 2.24) is 4.98 Å². The fraction of sp³-hybridized carbons (Fsp3) is 0.421. The zero-order valence-electron chi connectivity index (χ0n) is 13.8. The van der Waals surface area contributed by atoms with E-state index < -0.39 is 0 Å². The lowest BCUT2D eigenvalue weighted by molar-refractivity contribution is 0.659. The molecule has 0 spiro atoms. The van der Waals surface area contributed by atoms with Gasteiger partial charge in [0.15, 0.2) is 0 Å². The molecule has 2 aliphatic rings. The summed E-state index contributed by atoms with van der Waals surface area (Å²) in [5.74, 6) is 0. The molecule has 3 nitrogen and oxygen atoms in total. The molecule has 114 valence electrons. The van der Waals surface area contributed by atoms with E-state index in [2.05, 4.69) is 67.8 Å². The number of rotatable bonds is 1. The smallest absolute Gasteiger partial charge is 0.0992 e. The maximum absolute atomic E-state index is 4.72. The Bertz CT molecular complexity index is 712. The second kappa shape index (κ2) is 4.73. The highest BCUT2D eigenvalue weighted by Crippen LogP contribution is 2.41. The molecule has 2 unspecified atom stereocenters. The molecular weight excluding hydrogens is 270 g/mol. The SMILES string of the molecule is Cc1cc(C)c(N2C3Cc4ccccc4N(C3)C2C)c(C)n1. The van der Waals surface area contributed by atoms with E-state index in [1.54, 1.807) is 0 Å². The van der Waals surface area contributed by atoms with E-state index in [0.29, 0.717) is 12.2 Å². The molecule has 2 bridgehead atoms. The van der Waals surface area contributed by atoms with Gasteiger partial charge in [0.05, 0.1) is 23.6 Å². The summed E-state index contributed by atoms with van der Waals surface area (Å²) in [6, 6.07) is 11.6. The molecular formula is C19H23N3. The van der Waals surface area contributed by atoms with Crippen LogP contribution in [0.5, 0.6) is 0 Å². The van der Waals surface area contributed by atoms with Crippen LogP contribution in [0, 0.1) is 20.8 Å². The van der Waals surface area contributed by atoms with Gasteiger partial charge in [0.25, 0.3) is 0 Å². The molecule has 3 heteroatoms. The molecule has 2 aromatic rings. The van der Waals surface area contributed by atoms with E-state index in [4.69, 9.17) is 4.98 Å². The topological polar surface area (TPSA) is 19.4 Å². The number of anilines is 2. The lowest BCUT2D eigenvalue weighted by atomic mass is 9.99. The first-order chi connectivity index (χ1) is 10.6. The van der Waals surface area contributed by atoms with Crippen LogP contribution in [-0.4, -0.2) is 23.7 Å². The van der Waals surface area contributed by atoms with Gasteiger partial charge in [-0.1, -0.05) is 18.2 Å². The summed E-state index contributed by atoms with van der Waals surface area (Å²) in [6.07, 6.45) is 1.51. The van der Waals surface area contributed by atoms with Crippen LogP contribution in [0.15, 0.2) is 30.3 Å². The third-order valence-corrected chi connectivity index (χ3v) is 5.15. The Hall–Kier alpha value is -2.03. The highest BCUT2D eigenvalue weighted by Gasteiger charge is 2.42. The molecule has 0 N–H and O–H groups in total. The molecule has 0 aliphatic carbocycles. The van der Waals surface area contributed by atoms with Crippen molar-refractivity contribution in [2.75, 3.05) is 16.3 Å². The molecule has 0 saturated carbocycles. The van der Waals surface area contributed by atoms with Gasteiger partial charge in [-0.3, -0.25) is 4.98 Å². The van der Waals surface area contributed by atoms with Gasteiger partial charge >= 0.3 is 0 Å². The molecule has 1 aromatic heterocycles. The van der Waals surface area contributed by atoms with Gasteiger partial charge < -0.3 is 9.80 Å². The first-order valence-electron chi connectivity index (χ1n) is 8.14. The van der Waals surface area contributed by atoms with Crippen LogP contribution < -0.4 is 9.80 Å². The van der Waals surface area contributed by atoms with Crippen LogP contribution >= 0.6 is 0 Å². The maximum atomic E-state index is 4.72. The van der Waals surface area contributed by atoms with Crippen molar-refractivity contribution < 1.29 is 0 Å². The van der Waals surface area contributed by atoms with Crippen molar-refractivity contribution in [3.8, 4) is 0 Å². The maximum Gasteiger partial charge on any atom is 0.0992 e. The zero-order valence-corrected chi connectivity index (χ0v) is 13.8. The lowest BCUT2D eigenvalue weighted by Crippen LogP contribution is -2.38. The number of para-hydroxylation sites is 1. The standard InChI is InChI=1S/C19H23N3/c1-12-9-13(2)20-14(3)19(12)22-15(4)21-11-17(22)10-16-7-5-6-8-18(16)21/h5-9,15,17H,10-11H2,1-4H3. The number of aromatic nitrogens is 1. The Morgan fingerprint density at radius 2 is 1.91 bits per heavy atom. The van der Waals surface area contributed by atoms with Crippen molar-refractivity contribution in [3.63, 3.8) is 0 Å². The highest BCUT2D eigenvalue weighted by atomic mass is 15.4. The Morgan fingerprint density at radius 1 is 1.14 bits per heavy atom. The van der Waals surface area contributed by atoms with Gasteiger partial charge in [0, 0.05) is 17.9 Å². The van der Waals surface area contributed by atoms with Crippen LogP contribution in [0.3, 0.4) is 0 Å². The van der Waals surface area contributed by atoms with E-state index in [1.165, 1.54) is 22.5 Å². The Balaban J connectivity index is 1.81. The quantitative estimate of drug-likeness (QED) is 0.801. The van der Waals surface area contributed by atoms with Gasteiger partial charge in [-0.15, -0.1) is 0 Å². The summed E-state index contributed by atoms with van der Waals surface area (Å²) in [4.78, 5) is 9.85. The number of fused-ring (bicyclic) bond motifs is 4. The fourth-order valence-corrected chi connectivity index (χ4v) is 4.38. The van der Waals surface area contributed by atoms with Crippen molar-refractivity contribution in [1.29, 1.82) is 0 Å². The molecule has 22 heavy (non-hydrogen) atoms. The molecule has 4 rings (SSSR count). The number of benzene rings is 1. The van der Waals surface area contributed by atoms with Gasteiger partial charge in [0.1, 0.15) is 0 Å². The van der Waals surface area contributed by atoms with E-state index in [1.807, 2.05) is 0 Å². The Morgan fingerprint density at radius 3 is 2.68 bits per heavy atom. The Labute approximate surface area is 132 Å². The summed E-state index contributed by atoms with van der Waals surface area (Å²) >= 11 is 0. The average Bonchev–Trinajstić information content (AvgIpc) is 2.72. The molecule has 1 saturated heterocycles. The summed E-state index contributed by atoms with van der Waals surface area (Å²) in [5, 5.41) is 0. The second-order valence-corrected chi connectivity index (χ2v) is 6.69. The summed E-state index contributed by atoms with van der Waals surface area (Å²) in [6.45, 7) is 9.88. The molecule has 0 amide bonds. The van der Waals surface area contributed by atoms with Gasteiger partial charge in [0.2, 0.25) is 0 Å². The minimum atomic E-state index is 0.385. The molecule has 2 atom stereocenters. The molecule has 1 fully saturated rings. The molecule has 1 aromatic carbocycles. The fourth-order valence-electron chi connectivity index (χ4n) is 4.38. The predicted octanol–water partition coefficient (Wildman–Crippen LogP) is 3.60. The molecule has 3 heterocycles. The van der Waals surface area contributed by atoms with Crippen molar-refractivity contribution in [2.45, 2.75) is 46.3 Å². The largest absolute Gasteiger partial charge is 0.349 e. The van der Waals surface area contributed by atoms with Crippen molar-refractivity contribution in [3.05, 3.63) is 52.8 Å². The third-order valence-electron chi connectivity index (χ3n) is 5.15. The van der Waals surface area contributed by atoms with Crippen LogP contribution in [0.25, 0.3) is 0 Å². The second-order valence-electron chi connectivity index (χ2n) is 6.69. The molecule has 0 radical (unpaired) electrons. The number of pyridine rings is 1. The highest BCUT2D eigenvalue weighted by molar-refractivity contribution is 5.67. The molecule has 2 aliphatic heterocycles. The van der Waals surface area contributed by atoms with E-state index in [0.717, 1.165) is 24.4 Å². The van der Waals surface area contributed by atoms with E-state index in [-0.39, 0.29) is 0 Å². The van der Waals surface area contributed by atoms with Gasteiger partial charge in [-0.05, 0) is 57.4 Å². The average molecular weight is 293 g/mol. The van der Waals surface area contributed by atoms with Crippen LogP contribution in [0.2, 0.25) is 0 Å². The number of aryl methyl sites for hydroxylation is 3. The van der Waals surface area contributed by atoms with Crippen LogP contribution in [-0.2, 0) is 6.42 Å². The minimum absolute atomic E-state index is 0.385. The number of hydrogen-bond acceptors (Lipinski definition) is 3. The minimum Gasteiger partial charge on any atom is -0.349 e. The van der Waals surface area contributed by atoms with Crippen molar-refractivity contribution in [2.24, 2.45) is 0 Å². The predicted molar refractivity (Wildman–Crippen MR) is 91.7 cm³/mol. The monoisotopic (exact) mass is 293 g/mol. The van der Waals surface area contributed by atoms with Crippen LogP contribution in [0.1, 0.15) is 29.4 Å². The van der Waals surface area contributed by atoms with Gasteiger partial charge in [-0.25, -0.2) is 0 Å². The van der Waals surface area contributed by atoms with Crippen LogP contribution in [0.4, 0.5) is 11.4 Å². The van der Waals surface area contributed by atoms with E-state index >= 15 is 0 Å². The Kier molecular flexibility index (Phi) is 2.93. The first-order valence-corrected chi connectivity index (χ1v) is 8.14. The zero-order chi connectivity index (χ0) is 15.4. The lowest BCUT2D eigenvalue weighted by Gasteiger charge is -2.32. The summed E-state index contributed by atoms with van der Waals surface area (Å²) in [7, 11) is 0. The van der Waals surface area contributed by atoms with E-state index in [9.17, 15) is 0 Å². The number of hydrogen-bond donors (Lipinski definition) is 0. The third kappa shape index (κ3) is 1.84. The summed E-state index contributed by atoms with van der Waals surface area (Å²) < 4.78 is 0. The first kappa shape index (κ1) is 13.6. The van der Waals surface area contributed by atoms with Gasteiger partial charge in [-0.2, -0.15) is 0 Å². The summed E-state index contributed by atoms with van der Waals surface area (Å²) in [5.41, 5.74) is 7.82. The number of nitrogens with zero attached hydrogens (tertiary/aromatic N) is 3.